The number of hydrogen-bond donors (Lipinski definition) is 0. The van der Waals surface area contributed by atoms with Crippen LogP contribution in [0.2, 0.25) is 0 Å². The van der Waals surface area contributed by atoms with Gasteiger partial charge in [0.2, 0.25) is 5.91 Å². The minimum absolute atomic E-state index is 0.00803. The molecular formula is C14H17NO2. The van der Waals surface area contributed by atoms with Crippen LogP contribution in [0.5, 0.6) is 5.75 Å². The minimum atomic E-state index is 0.00803. The standard InChI is InChI=1S/C14H17NO2/c1-3-14(16)15-8-4-5-11-9-13(17-2)7-6-12(11)10-15/h3,6-7,9H,1,4-5,8,10H2,2H3. The number of ether oxygens (including phenoxy) is 1. The first kappa shape index (κ1) is 11.7. The SMILES string of the molecule is C=CC(=O)N1CCCc2cc(OC)ccc2C1. The smallest absolute Gasteiger partial charge is 0.246 e. The van der Waals surface area contributed by atoms with Gasteiger partial charge in [-0.1, -0.05) is 12.6 Å². The molecule has 0 unspecified atom stereocenters. The van der Waals surface area contributed by atoms with E-state index in [4.69, 9.17) is 4.74 Å². The van der Waals surface area contributed by atoms with Crippen LogP contribution >= 0.6 is 0 Å². The number of rotatable bonds is 2. The number of carbonyl (C=O) groups excluding carboxylic acids is 1. The predicted octanol–water partition coefficient (Wildman–Crippen LogP) is 2.16. The number of hydrogen-bond acceptors (Lipinski definition) is 2. The number of aryl methyl sites for hydroxylation is 1. The molecule has 0 atom stereocenters. The van der Waals surface area contributed by atoms with Gasteiger partial charge in [0.1, 0.15) is 5.75 Å². The van der Waals surface area contributed by atoms with E-state index in [9.17, 15) is 4.79 Å². The lowest BCUT2D eigenvalue weighted by Gasteiger charge is -2.18. The molecule has 1 aromatic carbocycles. The molecule has 0 saturated heterocycles. The van der Waals surface area contributed by atoms with Gasteiger partial charge >= 0.3 is 0 Å². The molecule has 3 nitrogen and oxygen atoms in total. The van der Waals surface area contributed by atoms with Crippen LogP contribution in [0.3, 0.4) is 0 Å². The number of carbonyl (C=O) groups is 1. The Labute approximate surface area is 102 Å². The average Bonchev–Trinajstić information content (AvgIpc) is 2.58. The molecule has 0 spiro atoms. The summed E-state index contributed by atoms with van der Waals surface area (Å²) in [5, 5.41) is 0. The second-order valence-electron chi connectivity index (χ2n) is 4.20. The third-order valence-electron chi connectivity index (χ3n) is 3.14. The number of nitrogens with zero attached hydrogens (tertiary/aromatic N) is 1. The van der Waals surface area contributed by atoms with Crippen LogP contribution in [0.25, 0.3) is 0 Å². The highest BCUT2D eigenvalue weighted by Crippen LogP contribution is 2.23. The third kappa shape index (κ3) is 2.49. The summed E-state index contributed by atoms with van der Waals surface area (Å²) in [7, 11) is 1.67. The van der Waals surface area contributed by atoms with Crippen molar-refractivity contribution in [3.8, 4) is 5.75 Å². The van der Waals surface area contributed by atoms with E-state index in [-0.39, 0.29) is 5.91 Å². The molecule has 1 aliphatic rings. The van der Waals surface area contributed by atoms with Crippen molar-refractivity contribution >= 4 is 5.91 Å². The zero-order valence-corrected chi connectivity index (χ0v) is 10.1. The van der Waals surface area contributed by atoms with Crippen molar-refractivity contribution in [3.05, 3.63) is 42.0 Å². The highest BCUT2D eigenvalue weighted by Gasteiger charge is 2.17. The summed E-state index contributed by atoms with van der Waals surface area (Å²) in [4.78, 5) is 13.5. The fraction of sp³-hybridized carbons (Fsp3) is 0.357. The van der Waals surface area contributed by atoms with E-state index < -0.39 is 0 Å². The van der Waals surface area contributed by atoms with Gasteiger partial charge in [-0.15, -0.1) is 0 Å². The Balaban J connectivity index is 2.26. The second kappa shape index (κ2) is 5.04. The third-order valence-corrected chi connectivity index (χ3v) is 3.14. The molecule has 1 aliphatic heterocycles. The summed E-state index contributed by atoms with van der Waals surface area (Å²) in [5.74, 6) is 0.890. The lowest BCUT2D eigenvalue weighted by molar-refractivity contribution is -0.126. The van der Waals surface area contributed by atoms with Gasteiger partial charge in [-0.2, -0.15) is 0 Å². The lowest BCUT2D eigenvalue weighted by atomic mass is 10.0. The topological polar surface area (TPSA) is 29.5 Å². The molecule has 90 valence electrons. The van der Waals surface area contributed by atoms with Gasteiger partial charge in [-0.05, 0) is 42.2 Å². The fourth-order valence-corrected chi connectivity index (χ4v) is 2.18. The van der Waals surface area contributed by atoms with E-state index in [0.29, 0.717) is 6.54 Å². The van der Waals surface area contributed by atoms with Crippen molar-refractivity contribution in [2.24, 2.45) is 0 Å². The van der Waals surface area contributed by atoms with Crippen molar-refractivity contribution in [2.45, 2.75) is 19.4 Å². The molecule has 1 aromatic rings. The molecule has 1 heterocycles. The van der Waals surface area contributed by atoms with E-state index >= 15 is 0 Å². The van der Waals surface area contributed by atoms with Crippen molar-refractivity contribution in [1.29, 1.82) is 0 Å². The second-order valence-corrected chi connectivity index (χ2v) is 4.20. The Morgan fingerprint density at radius 1 is 1.47 bits per heavy atom. The number of amides is 1. The van der Waals surface area contributed by atoms with Gasteiger partial charge in [0.25, 0.3) is 0 Å². The highest BCUT2D eigenvalue weighted by molar-refractivity contribution is 5.87. The van der Waals surface area contributed by atoms with E-state index in [1.54, 1.807) is 7.11 Å². The lowest BCUT2D eigenvalue weighted by Crippen LogP contribution is -2.28. The predicted molar refractivity (Wildman–Crippen MR) is 66.9 cm³/mol. The first-order valence-electron chi connectivity index (χ1n) is 5.81. The first-order chi connectivity index (χ1) is 8.24. The zero-order chi connectivity index (χ0) is 12.3. The zero-order valence-electron chi connectivity index (χ0n) is 10.1. The van der Waals surface area contributed by atoms with Gasteiger partial charge in [-0.3, -0.25) is 4.79 Å². The molecule has 0 N–H and O–H groups in total. The summed E-state index contributed by atoms with van der Waals surface area (Å²) in [6.07, 6.45) is 3.36. The summed E-state index contributed by atoms with van der Waals surface area (Å²) < 4.78 is 5.22. The molecule has 17 heavy (non-hydrogen) atoms. The molecule has 0 bridgehead atoms. The van der Waals surface area contributed by atoms with E-state index in [1.807, 2.05) is 17.0 Å². The Kier molecular flexibility index (Phi) is 3.47. The molecule has 3 heteroatoms. The molecule has 0 fully saturated rings. The quantitative estimate of drug-likeness (QED) is 0.730. The van der Waals surface area contributed by atoms with Crippen molar-refractivity contribution < 1.29 is 9.53 Å². The maximum absolute atomic E-state index is 11.6. The Hall–Kier alpha value is -1.77. The van der Waals surface area contributed by atoms with Crippen LogP contribution in [-0.2, 0) is 17.8 Å². The molecule has 1 amide bonds. The fourth-order valence-electron chi connectivity index (χ4n) is 2.18. The van der Waals surface area contributed by atoms with Crippen molar-refractivity contribution in [2.75, 3.05) is 13.7 Å². The van der Waals surface area contributed by atoms with Gasteiger partial charge < -0.3 is 9.64 Å². The van der Waals surface area contributed by atoms with Gasteiger partial charge in [0.05, 0.1) is 7.11 Å². The Morgan fingerprint density at radius 3 is 3.00 bits per heavy atom. The summed E-state index contributed by atoms with van der Waals surface area (Å²) in [5.41, 5.74) is 2.49. The summed E-state index contributed by atoms with van der Waals surface area (Å²) >= 11 is 0. The van der Waals surface area contributed by atoms with Crippen LogP contribution in [0, 0.1) is 0 Å². The van der Waals surface area contributed by atoms with Crippen LogP contribution in [0.15, 0.2) is 30.9 Å². The molecule has 2 rings (SSSR count). The van der Waals surface area contributed by atoms with E-state index in [0.717, 1.165) is 25.1 Å². The molecule has 0 radical (unpaired) electrons. The van der Waals surface area contributed by atoms with E-state index in [2.05, 4.69) is 12.6 Å². The van der Waals surface area contributed by atoms with Crippen LogP contribution in [0.4, 0.5) is 0 Å². The molecule has 0 aliphatic carbocycles. The molecule has 0 saturated carbocycles. The maximum atomic E-state index is 11.6. The summed E-state index contributed by atoms with van der Waals surface area (Å²) in [6, 6.07) is 6.06. The Morgan fingerprint density at radius 2 is 2.29 bits per heavy atom. The highest BCUT2D eigenvalue weighted by atomic mass is 16.5. The molecular weight excluding hydrogens is 214 g/mol. The molecule has 0 aromatic heterocycles. The number of methoxy groups -OCH3 is 1. The first-order valence-corrected chi connectivity index (χ1v) is 5.81. The van der Waals surface area contributed by atoms with Crippen LogP contribution in [-0.4, -0.2) is 24.5 Å². The Bertz CT molecular complexity index is 440. The van der Waals surface area contributed by atoms with Gasteiger partial charge in [0, 0.05) is 13.1 Å². The number of benzene rings is 1. The number of fused-ring (bicyclic) bond motifs is 1. The van der Waals surface area contributed by atoms with Gasteiger partial charge in [-0.25, -0.2) is 0 Å². The monoisotopic (exact) mass is 231 g/mol. The largest absolute Gasteiger partial charge is 0.497 e. The maximum Gasteiger partial charge on any atom is 0.246 e. The van der Waals surface area contributed by atoms with Crippen LogP contribution < -0.4 is 4.74 Å². The van der Waals surface area contributed by atoms with E-state index in [1.165, 1.54) is 17.2 Å². The normalized spacial score (nSPS) is 14.8. The summed E-state index contributed by atoms with van der Waals surface area (Å²) in [6.45, 7) is 5.00. The van der Waals surface area contributed by atoms with Crippen molar-refractivity contribution in [3.63, 3.8) is 0 Å². The van der Waals surface area contributed by atoms with Gasteiger partial charge in [0.15, 0.2) is 0 Å². The van der Waals surface area contributed by atoms with Crippen molar-refractivity contribution in [1.82, 2.24) is 4.90 Å². The average molecular weight is 231 g/mol. The minimum Gasteiger partial charge on any atom is -0.497 e. The van der Waals surface area contributed by atoms with Crippen LogP contribution in [0.1, 0.15) is 17.5 Å².